The molecule has 0 amide bonds. The molecule has 3 heterocycles. The van der Waals surface area contributed by atoms with Gasteiger partial charge in [-0.3, -0.25) is 4.90 Å². The summed E-state index contributed by atoms with van der Waals surface area (Å²) >= 11 is 1.73. The predicted molar refractivity (Wildman–Crippen MR) is 101 cm³/mol. The minimum atomic E-state index is 0.589. The van der Waals surface area contributed by atoms with Crippen molar-refractivity contribution >= 4 is 38.1 Å². The van der Waals surface area contributed by atoms with Crippen molar-refractivity contribution < 1.29 is 0 Å². The molecule has 1 fully saturated rings. The number of likely N-dealkylation sites (N-methyl/N-ethyl adjacent to an activating group) is 1. The number of fused-ring (bicyclic) bond motifs is 3. The average Bonchev–Trinajstić information content (AvgIpc) is 3.28. The number of pyridine rings is 1. The van der Waals surface area contributed by atoms with Crippen LogP contribution in [-0.2, 0) is 0 Å². The van der Waals surface area contributed by atoms with Crippen molar-refractivity contribution in [2.24, 2.45) is 0 Å². The predicted octanol–water partition coefficient (Wildman–Crippen LogP) is 4.22. The molecule has 0 radical (unpaired) electrons. The summed E-state index contributed by atoms with van der Waals surface area (Å²) in [4.78, 5) is 7.36. The lowest BCUT2D eigenvalue weighted by atomic mass is 10.1. The van der Waals surface area contributed by atoms with E-state index < -0.39 is 0 Å². The Balaban J connectivity index is 1.70. The van der Waals surface area contributed by atoms with Gasteiger partial charge in [-0.1, -0.05) is 13.0 Å². The first-order chi connectivity index (χ1) is 11.8. The van der Waals surface area contributed by atoms with Gasteiger partial charge in [-0.25, -0.2) is 4.98 Å². The van der Waals surface area contributed by atoms with E-state index in [1.54, 1.807) is 11.3 Å². The van der Waals surface area contributed by atoms with Gasteiger partial charge in [-0.2, -0.15) is 5.26 Å². The van der Waals surface area contributed by atoms with Crippen molar-refractivity contribution in [3.63, 3.8) is 0 Å². The third kappa shape index (κ3) is 2.62. The van der Waals surface area contributed by atoms with Gasteiger partial charge in [-0.05, 0) is 49.5 Å². The number of nitrogens with one attached hydrogen (secondary N) is 1. The highest BCUT2D eigenvalue weighted by Gasteiger charge is 2.23. The van der Waals surface area contributed by atoms with Gasteiger partial charge in [0.05, 0.1) is 17.1 Å². The first-order valence-corrected chi connectivity index (χ1v) is 9.37. The summed E-state index contributed by atoms with van der Waals surface area (Å²) in [5, 5.41) is 17.1. The van der Waals surface area contributed by atoms with Gasteiger partial charge in [0.1, 0.15) is 5.82 Å². The molecule has 2 aromatic heterocycles. The molecule has 1 unspecified atom stereocenters. The second kappa shape index (κ2) is 6.39. The summed E-state index contributed by atoms with van der Waals surface area (Å²) in [7, 11) is 0. The zero-order valence-electron chi connectivity index (χ0n) is 13.7. The van der Waals surface area contributed by atoms with Crippen LogP contribution in [0.5, 0.6) is 0 Å². The summed E-state index contributed by atoms with van der Waals surface area (Å²) in [5.41, 5.74) is 1.55. The molecule has 0 aliphatic carbocycles. The molecule has 0 saturated carbocycles. The summed E-state index contributed by atoms with van der Waals surface area (Å²) in [5.74, 6) is 0.941. The molecule has 3 aromatic rings. The van der Waals surface area contributed by atoms with Crippen LogP contribution in [0.15, 0.2) is 29.6 Å². The molecule has 1 aromatic carbocycles. The normalized spacial score (nSPS) is 18.2. The maximum atomic E-state index is 9.15. The number of hydrogen-bond donors (Lipinski definition) is 1. The van der Waals surface area contributed by atoms with E-state index in [9.17, 15) is 0 Å². The smallest absolute Gasteiger partial charge is 0.135 e. The van der Waals surface area contributed by atoms with Crippen LogP contribution >= 0.6 is 11.3 Å². The fourth-order valence-corrected chi connectivity index (χ4v) is 4.59. The Bertz CT molecular complexity index is 924. The van der Waals surface area contributed by atoms with Gasteiger partial charge < -0.3 is 5.32 Å². The Morgan fingerprint density at radius 2 is 2.29 bits per heavy atom. The standard InChI is InChI=1S/C19H20N4S/c1-2-23-8-3-4-14(23)12-21-19-16-7-9-24-18(16)15-6-5-13(11-20)10-17(15)22-19/h5-7,9-10,14H,2-4,8,12H2,1H3,(H,21,22). The van der Waals surface area contributed by atoms with Gasteiger partial charge in [0.2, 0.25) is 0 Å². The fraction of sp³-hybridized carbons (Fsp3) is 0.368. The number of nitriles is 1. The molecule has 1 aliphatic heterocycles. The first kappa shape index (κ1) is 15.4. The number of likely N-dealkylation sites (tertiary alicyclic amines) is 1. The molecule has 4 nitrogen and oxygen atoms in total. The lowest BCUT2D eigenvalue weighted by Crippen LogP contribution is -2.34. The van der Waals surface area contributed by atoms with Crippen molar-refractivity contribution in [2.75, 3.05) is 25.0 Å². The summed E-state index contributed by atoms with van der Waals surface area (Å²) in [6, 6.07) is 10.7. The minimum absolute atomic E-state index is 0.589. The van der Waals surface area contributed by atoms with E-state index in [1.165, 1.54) is 29.5 Å². The van der Waals surface area contributed by atoms with Crippen molar-refractivity contribution in [3.05, 3.63) is 35.2 Å². The quantitative estimate of drug-likeness (QED) is 0.775. The highest BCUT2D eigenvalue weighted by molar-refractivity contribution is 7.18. The fourth-order valence-electron chi connectivity index (χ4n) is 3.66. The Morgan fingerprint density at radius 1 is 1.38 bits per heavy atom. The maximum Gasteiger partial charge on any atom is 0.135 e. The highest BCUT2D eigenvalue weighted by atomic mass is 32.1. The Kier molecular flexibility index (Phi) is 4.09. The molecule has 5 heteroatoms. The van der Waals surface area contributed by atoms with E-state index in [0.717, 1.165) is 29.8 Å². The SMILES string of the molecule is CCN1CCCC1CNc1nc2cc(C#N)ccc2c2sccc12. The third-order valence-electron chi connectivity index (χ3n) is 4.93. The van der Waals surface area contributed by atoms with Crippen LogP contribution in [0.1, 0.15) is 25.3 Å². The molecule has 24 heavy (non-hydrogen) atoms. The number of thiophene rings is 1. The zero-order chi connectivity index (χ0) is 16.5. The van der Waals surface area contributed by atoms with E-state index in [0.29, 0.717) is 11.6 Å². The molecule has 0 bridgehead atoms. The van der Waals surface area contributed by atoms with E-state index in [4.69, 9.17) is 10.2 Å². The summed E-state index contributed by atoms with van der Waals surface area (Å²) in [6.07, 6.45) is 2.53. The van der Waals surface area contributed by atoms with Crippen molar-refractivity contribution in [1.82, 2.24) is 9.88 Å². The molecule has 1 aliphatic rings. The van der Waals surface area contributed by atoms with Crippen molar-refractivity contribution in [1.29, 1.82) is 5.26 Å². The molecule has 1 atom stereocenters. The largest absolute Gasteiger partial charge is 0.368 e. The second-order valence-electron chi connectivity index (χ2n) is 6.27. The van der Waals surface area contributed by atoms with Crippen LogP contribution in [0, 0.1) is 11.3 Å². The average molecular weight is 336 g/mol. The number of hydrogen-bond acceptors (Lipinski definition) is 5. The van der Waals surface area contributed by atoms with E-state index >= 15 is 0 Å². The number of nitrogens with zero attached hydrogens (tertiary/aromatic N) is 3. The van der Waals surface area contributed by atoms with Gasteiger partial charge >= 0.3 is 0 Å². The van der Waals surface area contributed by atoms with E-state index in [1.807, 2.05) is 18.2 Å². The molecular weight excluding hydrogens is 316 g/mol. The topological polar surface area (TPSA) is 52.0 Å². The van der Waals surface area contributed by atoms with Gasteiger partial charge in [0.15, 0.2) is 0 Å². The van der Waals surface area contributed by atoms with E-state index in [-0.39, 0.29) is 0 Å². The van der Waals surface area contributed by atoms with E-state index in [2.05, 4.69) is 34.7 Å². The number of benzene rings is 1. The van der Waals surface area contributed by atoms with Crippen molar-refractivity contribution in [2.45, 2.75) is 25.8 Å². The molecular formula is C19H20N4S. The monoisotopic (exact) mass is 336 g/mol. The van der Waals surface area contributed by atoms with Crippen LogP contribution in [0.25, 0.3) is 21.0 Å². The van der Waals surface area contributed by atoms with Crippen molar-refractivity contribution in [3.8, 4) is 6.07 Å². The first-order valence-electron chi connectivity index (χ1n) is 8.49. The minimum Gasteiger partial charge on any atom is -0.368 e. The van der Waals surface area contributed by atoms with Crippen LogP contribution in [-0.4, -0.2) is 35.6 Å². The lowest BCUT2D eigenvalue weighted by molar-refractivity contribution is 0.277. The molecule has 0 spiro atoms. The van der Waals surface area contributed by atoms with Crippen LogP contribution in [0.2, 0.25) is 0 Å². The Morgan fingerprint density at radius 3 is 3.12 bits per heavy atom. The van der Waals surface area contributed by atoms with Crippen LogP contribution in [0.3, 0.4) is 0 Å². The van der Waals surface area contributed by atoms with Gasteiger partial charge in [0.25, 0.3) is 0 Å². The lowest BCUT2D eigenvalue weighted by Gasteiger charge is -2.23. The number of aromatic nitrogens is 1. The molecule has 1 saturated heterocycles. The highest BCUT2D eigenvalue weighted by Crippen LogP contribution is 2.34. The molecule has 1 N–H and O–H groups in total. The summed E-state index contributed by atoms with van der Waals surface area (Å²) < 4.78 is 1.24. The van der Waals surface area contributed by atoms with Crippen LogP contribution in [0.4, 0.5) is 5.82 Å². The Labute approximate surface area is 145 Å². The molecule has 4 rings (SSSR count). The number of anilines is 1. The summed E-state index contributed by atoms with van der Waals surface area (Å²) in [6.45, 7) is 5.46. The zero-order valence-corrected chi connectivity index (χ0v) is 14.6. The maximum absolute atomic E-state index is 9.15. The van der Waals surface area contributed by atoms with Crippen LogP contribution < -0.4 is 5.32 Å². The molecule has 122 valence electrons. The number of rotatable bonds is 4. The second-order valence-corrected chi connectivity index (χ2v) is 7.19. The Hall–Kier alpha value is -2.16. The van der Waals surface area contributed by atoms with Gasteiger partial charge in [0, 0.05) is 28.1 Å². The third-order valence-corrected chi connectivity index (χ3v) is 5.88. The van der Waals surface area contributed by atoms with Gasteiger partial charge in [-0.15, -0.1) is 11.3 Å².